The molecule has 0 aliphatic heterocycles. The molecule has 0 fully saturated rings. The Morgan fingerprint density at radius 1 is 1.44 bits per heavy atom. The number of nitrogens with one attached hydrogen (secondary N) is 2. The van der Waals surface area contributed by atoms with E-state index in [0.717, 1.165) is 16.0 Å². The van der Waals surface area contributed by atoms with Crippen molar-refractivity contribution >= 4 is 33.3 Å². The first-order valence-electron chi connectivity index (χ1n) is 5.98. The van der Waals surface area contributed by atoms with Crippen LogP contribution >= 0.6 is 11.3 Å². The molecule has 0 aromatic carbocycles. The maximum atomic E-state index is 9.27. The summed E-state index contributed by atoms with van der Waals surface area (Å²) in [6.45, 7) is 4.54. The van der Waals surface area contributed by atoms with Gasteiger partial charge >= 0.3 is 0 Å². The zero-order valence-electron chi connectivity index (χ0n) is 10.8. The van der Waals surface area contributed by atoms with Crippen molar-refractivity contribution in [1.29, 1.82) is 0 Å². The van der Waals surface area contributed by atoms with Gasteiger partial charge in [0.05, 0.1) is 11.5 Å². The minimum atomic E-state index is -0.303. The van der Waals surface area contributed by atoms with E-state index < -0.39 is 0 Å². The van der Waals surface area contributed by atoms with E-state index in [2.05, 4.69) is 33.6 Å². The largest absolute Gasteiger partial charge is 0.393 e. The monoisotopic (exact) mass is 266 g/mol. The van der Waals surface area contributed by atoms with Crippen LogP contribution in [-0.4, -0.2) is 34.8 Å². The average Bonchev–Trinajstić information content (AvgIpc) is 2.68. The Morgan fingerprint density at radius 2 is 2.22 bits per heavy atom. The molecule has 0 radical (unpaired) electrons. The van der Waals surface area contributed by atoms with Crippen molar-refractivity contribution < 1.29 is 5.11 Å². The molecule has 6 heteroatoms. The van der Waals surface area contributed by atoms with Crippen LogP contribution in [0.4, 0.5) is 11.8 Å². The number of hydrogen-bond donors (Lipinski definition) is 3. The van der Waals surface area contributed by atoms with Crippen molar-refractivity contribution in [3.8, 4) is 0 Å². The molecule has 0 bridgehead atoms. The molecular weight excluding hydrogens is 248 g/mol. The van der Waals surface area contributed by atoms with Crippen LogP contribution in [0.3, 0.4) is 0 Å². The van der Waals surface area contributed by atoms with Crippen LogP contribution in [0.25, 0.3) is 10.2 Å². The lowest BCUT2D eigenvalue weighted by Gasteiger charge is -2.09. The Hall–Kier alpha value is -1.40. The molecule has 5 nitrogen and oxygen atoms in total. The zero-order valence-corrected chi connectivity index (χ0v) is 11.6. The van der Waals surface area contributed by atoms with E-state index in [9.17, 15) is 5.11 Å². The Kier molecular flexibility index (Phi) is 3.98. The average molecular weight is 266 g/mol. The smallest absolute Gasteiger partial charge is 0.225 e. The highest BCUT2D eigenvalue weighted by atomic mass is 32.1. The first-order chi connectivity index (χ1) is 8.60. The SMILES string of the molecule is CNc1nc(NCCC(C)O)c2cc(C)sc2n1. The van der Waals surface area contributed by atoms with Gasteiger partial charge in [-0.2, -0.15) is 4.98 Å². The van der Waals surface area contributed by atoms with Crippen molar-refractivity contribution in [3.63, 3.8) is 0 Å². The van der Waals surface area contributed by atoms with E-state index in [1.54, 1.807) is 25.3 Å². The molecule has 2 aromatic rings. The van der Waals surface area contributed by atoms with Gasteiger partial charge in [-0.15, -0.1) is 11.3 Å². The number of hydrogen-bond acceptors (Lipinski definition) is 6. The van der Waals surface area contributed by atoms with E-state index in [0.29, 0.717) is 18.9 Å². The fourth-order valence-electron chi connectivity index (χ4n) is 1.69. The summed E-state index contributed by atoms with van der Waals surface area (Å²) in [5, 5.41) is 16.5. The number of thiophene rings is 1. The van der Waals surface area contributed by atoms with E-state index in [1.807, 2.05) is 0 Å². The third-order valence-electron chi connectivity index (χ3n) is 2.59. The summed E-state index contributed by atoms with van der Waals surface area (Å²) in [7, 11) is 1.81. The van der Waals surface area contributed by atoms with Crippen LogP contribution in [0.1, 0.15) is 18.2 Å². The van der Waals surface area contributed by atoms with Crippen LogP contribution in [0.15, 0.2) is 6.07 Å². The van der Waals surface area contributed by atoms with Crippen molar-refractivity contribution in [3.05, 3.63) is 10.9 Å². The Labute approximate surface area is 110 Å². The Balaban J connectivity index is 2.28. The molecule has 2 heterocycles. The van der Waals surface area contributed by atoms with Crippen LogP contribution in [0.2, 0.25) is 0 Å². The molecule has 2 aromatic heterocycles. The lowest BCUT2D eigenvalue weighted by atomic mass is 10.3. The fourth-order valence-corrected chi connectivity index (χ4v) is 2.57. The molecule has 1 unspecified atom stereocenters. The predicted octanol–water partition coefficient (Wildman–Crippen LogP) is 2.22. The minimum absolute atomic E-state index is 0.303. The number of aryl methyl sites for hydroxylation is 1. The first-order valence-corrected chi connectivity index (χ1v) is 6.79. The summed E-state index contributed by atoms with van der Waals surface area (Å²) >= 11 is 1.66. The molecule has 18 heavy (non-hydrogen) atoms. The van der Waals surface area contributed by atoms with Gasteiger partial charge in [0.15, 0.2) is 0 Å². The number of nitrogens with zero attached hydrogens (tertiary/aromatic N) is 2. The van der Waals surface area contributed by atoms with E-state index in [4.69, 9.17) is 0 Å². The summed E-state index contributed by atoms with van der Waals surface area (Å²) in [6, 6.07) is 2.09. The van der Waals surface area contributed by atoms with Crippen LogP contribution < -0.4 is 10.6 Å². The molecule has 0 aliphatic carbocycles. The standard InChI is InChI=1S/C12H18N4OS/c1-7(17)4-5-14-10-9-6-8(2)18-11(9)16-12(13-3)15-10/h6-7,17H,4-5H2,1-3H3,(H2,13,14,15,16). The van der Waals surface area contributed by atoms with Crippen molar-refractivity contribution in [2.75, 3.05) is 24.2 Å². The molecular formula is C12H18N4OS. The second kappa shape index (κ2) is 5.49. The number of aliphatic hydroxyl groups excluding tert-OH is 1. The van der Waals surface area contributed by atoms with Gasteiger partial charge < -0.3 is 15.7 Å². The van der Waals surface area contributed by atoms with Crippen molar-refractivity contribution in [1.82, 2.24) is 9.97 Å². The Bertz CT molecular complexity index is 538. The lowest BCUT2D eigenvalue weighted by molar-refractivity contribution is 0.188. The topological polar surface area (TPSA) is 70.1 Å². The molecule has 3 N–H and O–H groups in total. The van der Waals surface area contributed by atoms with Gasteiger partial charge in [0, 0.05) is 18.5 Å². The maximum Gasteiger partial charge on any atom is 0.225 e. The number of aliphatic hydroxyl groups is 1. The second-order valence-electron chi connectivity index (χ2n) is 4.29. The number of rotatable bonds is 5. The molecule has 98 valence electrons. The van der Waals surface area contributed by atoms with Crippen LogP contribution in [0, 0.1) is 6.92 Å². The molecule has 1 atom stereocenters. The molecule has 0 amide bonds. The van der Waals surface area contributed by atoms with Gasteiger partial charge in [-0.1, -0.05) is 0 Å². The van der Waals surface area contributed by atoms with E-state index in [-0.39, 0.29) is 6.10 Å². The van der Waals surface area contributed by atoms with Crippen LogP contribution in [-0.2, 0) is 0 Å². The summed E-state index contributed by atoms with van der Waals surface area (Å²) < 4.78 is 0. The maximum absolute atomic E-state index is 9.27. The quantitative estimate of drug-likeness (QED) is 0.774. The highest BCUT2D eigenvalue weighted by molar-refractivity contribution is 7.18. The third-order valence-corrected chi connectivity index (χ3v) is 3.54. The molecule has 0 saturated carbocycles. The summed E-state index contributed by atoms with van der Waals surface area (Å²) in [4.78, 5) is 11.0. The van der Waals surface area contributed by atoms with E-state index in [1.165, 1.54) is 4.88 Å². The van der Waals surface area contributed by atoms with Gasteiger partial charge in [0.2, 0.25) is 5.95 Å². The zero-order chi connectivity index (χ0) is 13.1. The first kappa shape index (κ1) is 13.0. The van der Waals surface area contributed by atoms with Gasteiger partial charge in [-0.3, -0.25) is 0 Å². The molecule has 0 aliphatic rings. The van der Waals surface area contributed by atoms with Crippen molar-refractivity contribution in [2.24, 2.45) is 0 Å². The summed E-state index contributed by atoms with van der Waals surface area (Å²) in [6.07, 6.45) is 0.395. The number of fused-ring (bicyclic) bond motifs is 1. The summed E-state index contributed by atoms with van der Waals surface area (Å²) in [5.41, 5.74) is 0. The van der Waals surface area contributed by atoms with E-state index >= 15 is 0 Å². The van der Waals surface area contributed by atoms with Gasteiger partial charge in [0.1, 0.15) is 10.6 Å². The predicted molar refractivity (Wildman–Crippen MR) is 76.5 cm³/mol. The fraction of sp³-hybridized carbons (Fsp3) is 0.500. The summed E-state index contributed by atoms with van der Waals surface area (Å²) in [5.74, 6) is 1.44. The third kappa shape index (κ3) is 2.88. The second-order valence-corrected chi connectivity index (χ2v) is 5.52. The van der Waals surface area contributed by atoms with Gasteiger partial charge in [0.25, 0.3) is 0 Å². The highest BCUT2D eigenvalue weighted by Gasteiger charge is 2.09. The van der Waals surface area contributed by atoms with Gasteiger partial charge in [-0.25, -0.2) is 4.98 Å². The highest BCUT2D eigenvalue weighted by Crippen LogP contribution is 2.29. The molecule has 2 rings (SSSR count). The number of aromatic nitrogens is 2. The Morgan fingerprint density at radius 3 is 2.89 bits per heavy atom. The van der Waals surface area contributed by atoms with Gasteiger partial charge in [-0.05, 0) is 26.3 Å². The van der Waals surface area contributed by atoms with Crippen molar-refractivity contribution in [2.45, 2.75) is 26.4 Å². The lowest BCUT2D eigenvalue weighted by Crippen LogP contribution is -2.11. The minimum Gasteiger partial charge on any atom is -0.393 e. The van der Waals surface area contributed by atoms with Crippen LogP contribution in [0.5, 0.6) is 0 Å². The number of anilines is 2. The normalized spacial score (nSPS) is 12.7. The molecule has 0 spiro atoms. The molecule has 0 saturated heterocycles.